The standard InChI is InChI=1S/C9H23OSSi2/c1-12(2,3)10-8-7-9-11-13(4,5)6/h7H,8-9H2,1-6H3. The summed E-state index contributed by atoms with van der Waals surface area (Å²) >= 11 is 2.10. The van der Waals surface area contributed by atoms with E-state index in [2.05, 4.69) is 56.9 Å². The lowest BCUT2D eigenvalue weighted by Crippen LogP contribution is -2.26. The van der Waals surface area contributed by atoms with Crippen molar-refractivity contribution in [1.29, 1.82) is 0 Å². The third-order valence-electron chi connectivity index (χ3n) is 1.27. The normalized spacial score (nSPS) is 13.4. The van der Waals surface area contributed by atoms with E-state index in [1.165, 1.54) is 0 Å². The second-order valence-corrected chi connectivity index (χ2v) is 19.0. The molecule has 4 heteroatoms. The molecule has 0 aromatic rings. The van der Waals surface area contributed by atoms with E-state index in [-0.39, 0.29) is 0 Å². The fourth-order valence-electron chi connectivity index (χ4n) is 0.666. The molecular weight excluding hydrogens is 212 g/mol. The van der Waals surface area contributed by atoms with Crippen LogP contribution < -0.4 is 0 Å². The van der Waals surface area contributed by atoms with Crippen LogP contribution >= 0.6 is 11.2 Å². The lowest BCUT2D eigenvalue weighted by Gasteiger charge is -2.18. The molecule has 0 aromatic carbocycles. The molecule has 0 aliphatic heterocycles. The van der Waals surface area contributed by atoms with Crippen LogP contribution in [0.3, 0.4) is 0 Å². The number of hydrogen-bond donors (Lipinski definition) is 0. The Morgan fingerprint density at radius 2 is 1.62 bits per heavy atom. The van der Waals surface area contributed by atoms with Crippen molar-refractivity contribution in [3.05, 3.63) is 6.42 Å². The van der Waals surface area contributed by atoms with Crippen LogP contribution in [0.5, 0.6) is 0 Å². The van der Waals surface area contributed by atoms with Gasteiger partial charge >= 0.3 is 0 Å². The number of hydrogen-bond acceptors (Lipinski definition) is 2. The molecule has 0 N–H and O–H groups in total. The van der Waals surface area contributed by atoms with E-state index in [1.807, 2.05) is 0 Å². The smallest absolute Gasteiger partial charge is 0.183 e. The van der Waals surface area contributed by atoms with Crippen LogP contribution in [-0.4, -0.2) is 27.9 Å². The highest BCUT2D eigenvalue weighted by Crippen LogP contribution is 2.19. The van der Waals surface area contributed by atoms with Gasteiger partial charge in [0.15, 0.2) is 8.32 Å². The van der Waals surface area contributed by atoms with Crippen molar-refractivity contribution in [1.82, 2.24) is 0 Å². The summed E-state index contributed by atoms with van der Waals surface area (Å²) in [5.41, 5.74) is 0. The third kappa shape index (κ3) is 12.7. The first-order valence-electron chi connectivity index (χ1n) is 4.80. The van der Waals surface area contributed by atoms with Crippen molar-refractivity contribution in [3.63, 3.8) is 0 Å². The van der Waals surface area contributed by atoms with Gasteiger partial charge in [-0.25, -0.2) is 0 Å². The average molecular weight is 236 g/mol. The molecule has 0 rings (SSSR count). The largest absolute Gasteiger partial charge is 0.417 e. The van der Waals surface area contributed by atoms with Crippen LogP contribution in [0.4, 0.5) is 0 Å². The average Bonchev–Trinajstić information content (AvgIpc) is 1.81. The minimum absolute atomic E-state index is 0.840. The summed E-state index contributed by atoms with van der Waals surface area (Å²) < 4.78 is 5.73. The van der Waals surface area contributed by atoms with Crippen molar-refractivity contribution < 1.29 is 4.43 Å². The maximum Gasteiger partial charge on any atom is 0.183 e. The van der Waals surface area contributed by atoms with Gasteiger partial charge in [0.05, 0.1) is 0 Å². The molecule has 13 heavy (non-hydrogen) atoms. The maximum absolute atomic E-state index is 5.73. The molecular formula is C9H23OSSi2. The molecule has 1 nitrogen and oxygen atoms in total. The molecule has 0 spiro atoms. The predicted molar refractivity (Wildman–Crippen MR) is 69.4 cm³/mol. The molecule has 0 unspecified atom stereocenters. The first-order chi connectivity index (χ1) is 5.71. The molecule has 1 radical (unpaired) electrons. The third-order valence-corrected chi connectivity index (χ3v) is 6.67. The monoisotopic (exact) mass is 235 g/mol. The molecule has 0 aliphatic rings. The Kier molecular flexibility index (Phi) is 5.90. The van der Waals surface area contributed by atoms with Crippen LogP contribution in [0, 0.1) is 6.42 Å². The number of rotatable bonds is 6. The predicted octanol–water partition coefficient (Wildman–Crippen LogP) is 3.61. The van der Waals surface area contributed by atoms with E-state index in [1.54, 1.807) is 0 Å². The fourth-order valence-corrected chi connectivity index (χ4v) is 3.85. The Balaban J connectivity index is 3.28. The van der Waals surface area contributed by atoms with Gasteiger partial charge in [0.25, 0.3) is 0 Å². The summed E-state index contributed by atoms with van der Waals surface area (Å²) in [5, 5.41) is 0. The minimum Gasteiger partial charge on any atom is -0.417 e. The summed E-state index contributed by atoms with van der Waals surface area (Å²) in [6.07, 6.45) is 2.27. The van der Waals surface area contributed by atoms with Crippen molar-refractivity contribution >= 4 is 26.8 Å². The zero-order valence-electron chi connectivity index (χ0n) is 9.81. The first kappa shape index (κ1) is 13.7. The van der Waals surface area contributed by atoms with Gasteiger partial charge in [0.1, 0.15) is 7.22 Å². The van der Waals surface area contributed by atoms with E-state index < -0.39 is 15.5 Å². The topological polar surface area (TPSA) is 9.23 Å². The molecule has 0 fully saturated rings. The summed E-state index contributed by atoms with van der Waals surface area (Å²) in [4.78, 5) is 0. The fraction of sp³-hybridized carbons (Fsp3) is 0.889. The molecule has 0 heterocycles. The van der Waals surface area contributed by atoms with Crippen molar-refractivity contribution in [2.45, 2.75) is 39.3 Å². The Morgan fingerprint density at radius 3 is 2.00 bits per heavy atom. The zero-order valence-corrected chi connectivity index (χ0v) is 12.6. The van der Waals surface area contributed by atoms with Crippen LogP contribution in [0.25, 0.3) is 0 Å². The highest BCUT2D eigenvalue weighted by Gasteiger charge is 2.15. The SMILES string of the molecule is C[Si](C)(C)OC[CH]CS[Si](C)(C)C. The van der Waals surface area contributed by atoms with E-state index in [0.717, 1.165) is 12.4 Å². The van der Waals surface area contributed by atoms with Crippen LogP contribution in [0.2, 0.25) is 39.3 Å². The molecule has 0 aromatic heterocycles. The van der Waals surface area contributed by atoms with E-state index in [0.29, 0.717) is 0 Å². The molecule has 0 saturated heterocycles. The van der Waals surface area contributed by atoms with Gasteiger partial charge in [0, 0.05) is 6.61 Å². The van der Waals surface area contributed by atoms with E-state index in [9.17, 15) is 0 Å². The Morgan fingerprint density at radius 1 is 1.08 bits per heavy atom. The Labute approximate surface area is 89.4 Å². The molecule has 79 valence electrons. The lowest BCUT2D eigenvalue weighted by atomic mass is 10.5. The molecule has 0 saturated carbocycles. The molecule has 0 aliphatic carbocycles. The van der Waals surface area contributed by atoms with Gasteiger partial charge in [-0.05, 0) is 31.8 Å². The van der Waals surface area contributed by atoms with Gasteiger partial charge in [-0.2, -0.15) is 11.2 Å². The second kappa shape index (κ2) is 5.58. The van der Waals surface area contributed by atoms with Crippen LogP contribution in [-0.2, 0) is 4.43 Å². The van der Waals surface area contributed by atoms with E-state index in [4.69, 9.17) is 4.43 Å². The lowest BCUT2D eigenvalue weighted by molar-refractivity contribution is 0.344. The summed E-state index contributed by atoms with van der Waals surface area (Å²) in [6.45, 7) is 14.7. The molecule has 0 atom stereocenters. The van der Waals surface area contributed by atoms with Gasteiger partial charge < -0.3 is 4.43 Å². The molecule has 0 amide bonds. The summed E-state index contributed by atoms with van der Waals surface area (Å²) in [5.74, 6) is 1.15. The summed E-state index contributed by atoms with van der Waals surface area (Å²) in [6, 6.07) is 0. The van der Waals surface area contributed by atoms with Gasteiger partial charge in [0.2, 0.25) is 0 Å². The summed E-state index contributed by atoms with van der Waals surface area (Å²) in [7, 11) is -2.19. The second-order valence-electron chi connectivity index (χ2n) is 5.14. The Hall–Kier alpha value is 0.744. The van der Waals surface area contributed by atoms with Gasteiger partial charge in [-0.15, -0.1) is 0 Å². The van der Waals surface area contributed by atoms with Crippen LogP contribution in [0.1, 0.15) is 0 Å². The van der Waals surface area contributed by atoms with E-state index >= 15 is 0 Å². The molecule has 0 bridgehead atoms. The highest BCUT2D eigenvalue weighted by molar-refractivity contribution is 8.28. The quantitative estimate of drug-likeness (QED) is 0.514. The van der Waals surface area contributed by atoms with Gasteiger partial charge in [-0.1, -0.05) is 19.6 Å². The minimum atomic E-state index is -1.28. The highest BCUT2D eigenvalue weighted by atomic mass is 32.4. The van der Waals surface area contributed by atoms with Crippen LogP contribution in [0.15, 0.2) is 0 Å². The maximum atomic E-state index is 5.73. The van der Waals surface area contributed by atoms with Gasteiger partial charge in [-0.3, -0.25) is 0 Å². The van der Waals surface area contributed by atoms with Crippen molar-refractivity contribution in [2.75, 3.05) is 12.4 Å². The zero-order chi connectivity index (χ0) is 10.5. The first-order valence-corrected chi connectivity index (χ1v) is 13.4. The Bertz CT molecular complexity index is 122. The van der Waals surface area contributed by atoms with Crippen molar-refractivity contribution in [3.8, 4) is 0 Å². The van der Waals surface area contributed by atoms with Crippen molar-refractivity contribution in [2.24, 2.45) is 0 Å².